The largest absolute Gasteiger partial charge is 0.483 e. The van der Waals surface area contributed by atoms with Crippen LogP contribution in [0.3, 0.4) is 0 Å². The third-order valence-electron chi connectivity index (χ3n) is 4.62. The van der Waals surface area contributed by atoms with Crippen molar-refractivity contribution in [3.63, 3.8) is 0 Å². The lowest BCUT2D eigenvalue weighted by molar-refractivity contribution is 0.1000. The number of primary amides is 1. The van der Waals surface area contributed by atoms with Crippen molar-refractivity contribution in [2.45, 2.75) is 9.79 Å². The van der Waals surface area contributed by atoms with Gasteiger partial charge in [-0.05, 0) is 36.4 Å². The highest BCUT2D eigenvalue weighted by atomic mass is 35.5. The molecule has 3 aromatic carbocycles. The van der Waals surface area contributed by atoms with Gasteiger partial charge in [-0.25, -0.2) is 18.1 Å². The van der Waals surface area contributed by atoms with Crippen LogP contribution in [0.5, 0.6) is 5.75 Å². The lowest BCUT2D eigenvalue weighted by atomic mass is 10.2. The maximum Gasteiger partial charge on any atom is 0.265 e. The van der Waals surface area contributed by atoms with Crippen LogP contribution in [0.2, 0.25) is 5.02 Å². The average Bonchev–Trinajstić information content (AvgIpc) is 2.79. The van der Waals surface area contributed by atoms with Gasteiger partial charge in [-0.15, -0.1) is 0 Å². The Morgan fingerprint density at radius 2 is 1.82 bits per heavy atom. The van der Waals surface area contributed by atoms with E-state index in [1.165, 1.54) is 6.07 Å². The first-order chi connectivity index (χ1) is 16.2. The SMILES string of the molecule is NC(=O)c1cc(S(=O)(=O)Nc2nc3ccccc3c(=O)[nH]2)c(SCOc2ccccc2)cc1Cl. The van der Waals surface area contributed by atoms with Crippen molar-refractivity contribution >= 4 is 56.1 Å². The van der Waals surface area contributed by atoms with Crippen LogP contribution in [-0.2, 0) is 10.0 Å². The number of H-pyrrole nitrogens is 1. The van der Waals surface area contributed by atoms with Crippen LogP contribution in [0.4, 0.5) is 5.95 Å². The topological polar surface area (TPSA) is 144 Å². The number of aromatic amines is 1. The summed E-state index contributed by atoms with van der Waals surface area (Å²) in [5, 5.41) is 0.299. The number of hydrogen-bond donors (Lipinski definition) is 3. The molecule has 4 aromatic rings. The van der Waals surface area contributed by atoms with Crippen LogP contribution in [0, 0.1) is 0 Å². The molecule has 0 bridgehead atoms. The summed E-state index contributed by atoms with van der Waals surface area (Å²) in [7, 11) is -4.32. The van der Waals surface area contributed by atoms with E-state index >= 15 is 0 Å². The molecule has 0 atom stereocenters. The summed E-state index contributed by atoms with van der Waals surface area (Å²) >= 11 is 7.21. The number of para-hydroxylation sites is 2. The zero-order valence-electron chi connectivity index (χ0n) is 17.3. The van der Waals surface area contributed by atoms with Crippen LogP contribution in [0.25, 0.3) is 10.9 Å². The van der Waals surface area contributed by atoms with Gasteiger partial charge >= 0.3 is 0 Å². The van der Waals surface area contributed by atoms with Gasteiger partial charge in [0.25, 0.3) is 15.6 Å². The molecule has 0 saturated heterocycles. The number of aromatic nitrogens is 2. The van der Waals surface area contributed by atoms with E-state index in [4.69, 9.17) is 22.1 Å². The maximum absolute atomic E-state index is 13.3. The summed E-state index contributed by atoms with van der Waals surface area (Å²) in [5.41, 5.74) is 4.98. The fraction of sp³-hybridized carbons (Fsp3) is 0.0455. The first kappa shape index (κ1) is 23.6. The van der Waals surface area contributed by atoms with E-state index in [9.17, 15) is 18.0 Å². The van der Waals surface area contributed by atoms with Crippen molar-refractivity contribution in [2.75, 3.05) is 10.7 Å². The number of carbonyl (C=O) groups excluding carboxylic acids is 1. The van der Waals surface area contributed by atoms with E-state index in [0.29, 0.717) is 16.7 Å². The molecule has 0 radical (unpaired) electrons. The van der Waals surface area contributed by atoms with Gasteiger partial charge in [-0.1, -0.05) is 53.7 Å². The van der Waals surface area contributed by atoms with Crippen molar-refractivity contribution in [3.8, 4) is 5.75 Å². The zero-order valence-corrected chi connectivity index (χ0v) is 19.7. The first-order valence-electron chi connectivity index (χ1n) is 9.70. The number of fused-ring (bicyclic) bond motifs is 1. The van der Waals surface area contributed by atoms with Gasteiger partial charge in [0.2, 0.25) is 11.9 Å². The van der Waals surface area contributed by atoms with Crippen molar-refractivity contribution in [3.05, 3.63) is 87.7 Å². The molecule has 174 valence electrons. The number of nitrogens with zero attached hydrogens (tertiary/aromatic N) is 1. The molecule has 0 saturated carbocycles. The number of rotatable bonds is 8. The molecule has 0 fully saturated rings. The number of benzene rings is 3. The van der Waals surface area contributed by atoms with Crippen LogP contribution in [-0.4, -0.2) is 30.2 Å². The number of nitrogens with two attached hydrogens (primary N) is 1. The number of thioether (sulfide) groups is 1. The summed E-state index contributed by atoms with van der Waals surface area (Å²) in [6, 6.07) is 17.8. The molecule has 34 heavy (non-hydrogen) atoms. The molecule has 9 nitrogen and oxygen atoms in total. The highest BCUT2D eigenvalue weighted by Crippen LogP contribution is 2.33. The van der Waals surface area contributed by atoms with Gasteiger partial charge in [-0.3, -0.25) is 14.6 Å². The second kappa shape index (κ2) is 9.75. The molecule has 1 aromatic heterocycles. The molecule has 4 rings (SSSR count). The van der Waals surface area contributed by atoms with Gasteiger partial charge in [0.15, 0.2) is 0 Å². The number of ether oxygens (including phenoxy) is 1. The Morgan fingerprint density at radius 3 is 2.56 bits per heavy atom. The van der Waals surface area contributed by atoms with Gasteiger partial charge in [0.1, 0.15) is 16.6 Å². The zero-order chi connectivity index (χ0) is 24.3. The van der Waals surface area contributed by atoms with Gasteiger partial charge in [0.05, 0.1) is 21.5 Å². The molecule has 0 unspecified atom stereocenters. The minimum atomic E-state index is -4.32. The van der Waals surface area contributed by atoms with E-state index in [1.54, 1.807) is 48.5 Å². The van der Waals surface area contributed by atoms with Gasteiger partial charge < -0.3 is 10.5 Å². The Bertz CT molecular complexity index is 1540. The second-order valence-electron chi connectivity index (χ2n) is 6.90. The quantitative estimate of drug-likeness (QED) is 0.239. The number of amides is 1. The molecule has 4 N–H and O–H groups in total. The Kier molecular flexibility index (Phi) is 6.77. The molecule has 0 aliphatic rings. The number of carbonyl (C=O) groups is 1. The van der Waals surface area contributed by atoms with E-state index in [0.717, 1.165) is 17.8 Å². The van der Waals surface area contributed by atoms with E-state index in [-0.39, 0.29) is 32.3 Å². The molecule has 0 aliphatic carbocycles. The summed E-state index contributed by atoms with van der Waals surface area (Å²) in [5.74, 6) is -0.522. The normalized spacial score (nSPS) is 11.3. The summed E-state index contributed by atoms with van der Waals surface area (Å²) in [6.45, 7) is 0. The van der Waals surface area contributed by atoms with Crippen LogP contribution >= 0.6 is 23.4 Å². The van der Waals surface area contributed by atoms with Gasteiger partial charge in [-0.2, -0.15) is 0 Å². The van der Waals surface area contributed by atoms with Crippen LogP contribution in [0.1, 0.15) is 10.4 Å². The lowest BCUT2D eigenvalue weighted by Gasteiger charge is -2.14. The predicted octanol–water partition coefficient (Wildman–Crippen LogP) is 3.60. The smallest absolute Gasteiger partial charge is 0.265 e. The summed E-state index contributed by atoms with van der Waals surface area (Å²) in [4.78, 5) is 30.6. The molecule has 1 amide bonds. The first-order valence-corrected chi connectivity index (χ1v) is 12.5. The van der Waals surface area contributed by atoms with Crippen molar-refractivity contribution in [1.82, 2.24) is 9.97 Å². The molecular formula is C22H17ClN4O5S2. The third-order valence-corrected chi connectivity index (χ3v) is 7.32. The minimum absolute atomic E-state index is 0.00843. The minimum Gasteiger partial charge on any atom is -0.483 e. The molecule has 1 heterocycles. The highest BCUT2D eigenvalue weighted by molar-refractivity contribution is 8.00. The van der Waals surface area contributed by atoms with Crippen molar-refractivity contribution in [2.24, 2.45) is 5.73 Å². The fourth-order valence-electron chi connectivity index (χ4n) is 3.04. The highest BCUT2D eigenvalue weighted by Gasteiger charge is 2.24. The summed E-state index contributed by atoms with van der Waals surface area (Å²) in [6.07, 6.45) is 0. The third kappa shape index (κ3) is 5.16. The molecular weight excluding hydrogens is 500 g/mol. The summed E-state index contributed by atoms with van der Waals surface area (Å²) < 4.78 is 34.4. The number of sulfonamides is 1. The lowest BCUT2D eigenvalue weighted by Crippen LogP contribution is -2.21. The standard InChI is InChI=1S/C22H17ClN4O5S2/c23-16-11-18(33-12-32-13-6-2-1-3-7-13)19(10-15(16)20(24)28)34(30,31)27-22-25-17-9-5-4-8-14(17)21(29)26-22/h1-11H,12H2,(H2,24,28)(H2,25,26,27,29). The Morgan fingerprint density at radius 1 is 1.12 bits per heavy atom. The molecule has 0 aliphatic heterocycles. The number of hydrogen-bond acceptors (Lipinski definition) is 7. The van der Waals surface area contributed by atoms with E-state index < -0.39 is 21.5 Å². The van der Waals surface area contributed by atoms with Gasteiger partial charge in [0, 0.05) is 4.90 Å². The predicted molar refractivity (Wildman–Crippen MR) is 131 cm³/mol. The molecule has 0 spiro atoms. The Labute approximate surface area is 203 Å². The fourth-order valence-corrected chi connectivity index (χ4v) is 5.65. The van der Waals surface area contributed by atoms with Crippen molar-refractivity contribution < 1.29 is 17.9 Å². The number of nitrogens with one attached hydrogen (secondary N) is 2. The number of anilines is 1. The van der Waals surface area contributed by atoms with E-state index in [1.807, 2.05) is 6.07 Å². The molecule has 12 heteroatoms. The average molecular weight is 517 g/mol. The van der Waals surface area contributed by atoms with Crippen molar-refractivity contribution in [1.29, 1.82) is 0 Å². The van der Waals surface area contributed by atoms with Crippen LogP contribution in [0.15, 0.2) is 81.3 Å². The van der Waals surface area contributed by atoms with E-state index in [2.05, 4.69) is 14.7 Å². The Hall–Kier alpha value is -3.54. The van der Waals surface area contributed by atoms with Crippen LogP contribution < -0.4 is 20.8 Å². The second-order valence-corrected chi connectivity index (χ2v) is 9.92. The Balaban J connectivity index is 1.69. The monoisotopic (exact) mass is 516 g/mol. The maximum atomic E-state index is 13.3. The number of halogens is 1.